The summed E-state index contributed by atoms with van der Waals surface area (Å²) in [6.45, 7) is 5.98. The monoisotopic (exact) mass is 198 g/mol. The van der Waals surface area contributed by atoms with E-state index in [1.807, 2.05) is 32.7 Å². The lowest BCUT2D eigenvalue weighted by atomic mass is 10.1. The Morgan fingerprint density at radius 1 is 1.36 bits per heavy atom. The highest BCUT2D eigenvalue weighted by atomic mass is 19.1. The smallest absolute Gasteiger partial charge is 0.241 e. The van der Waals surface area contributed by atoms with E-state index in [1.54, 1.807) is 0 Å². The predicted molar refractivity (Wildman–Crippen MR) is 54.6 cm³/mol. The van der Waals surface area contributed by atoms with E-state index in [4.69, 9.17) is 5.73 Å². The van der Waals surface area contributed by atoms with E-state index < -0.39 is 5.95 Å². The Kier molecular flexibility index (Phi) is 2.59. The molecule has 0 unspecified atom stereocenters. The zero-order chi connectivity index (χ0) is 10.9. The van der Waals surface area contributed by atoms with E-state index in [-0.39, 0.29) is 11.2 Å². The number of rotatable bonds is 1. The first kappa shape index (κ1) is 10.7. The fourth-order valence-corrected chi connectivity index (χ4v) is 0.951. The minimum absolute atomic E-state index is 0.00933. The Balaban J connectivity index is 3.14. The van der Waals surface area contributed by atoms with Crippen molar-refractivity contribution in [3.05, 3.63) is 12.3 Å². The van der Waals surface area contributed by atoms with Crippen molar-refractivity contribution in [3.63, 3.8) is 0 Å². The van der Waals surface area contributed by atoms with Crippen molar-refractivity contribution in [2.75, 3.05) is 17.7 Å². The third-order valence-electron chi connectivity index (χ3n) is 2.14. The van der Waals surface area contributed by atoms with Gasteiger partial charge in [-0.1, -0.05) is 0 Å². The van der Waals surface area contributed by atoms with Gasteiger partial charge in [0.15, 0.2) is 5.82 Å². The van der Waals surface area contributed by atoms with E-state index in [2.05, 4.69) is 9.97 Å². The van der Waals surface area contributed by atoms with Gasteiger partial charge in [0.1, 0.15) is 12.0 Å². The average molecular weight is 198 g/mol. The van der Waals surface area contributed by atoms with Crippen molar-refractivity contribution in [1.82, 2.24) is 9.97 Å². The first-order valence-corrected chi connectivity index (χ1v) is 4.34. The molecule has 0 bridgehead atoms. The first-order chi connectivity index (χ1) is 6.34. The summed E-state index contributed by atoms with van der Waals surface area (Å²) in [7, 11) is 1.82. The highest BCUT2D eigenvalue weighted by Crippen LogP contribution is 2.25. The largest absolute Gasteiger partial charge is 0.392 e. The number of anilines is 2. The summed E-state index contributed by atoms with van der Waals surface area (Å²) in [4.78, 5) is 9.14. The molecule has 5 heteroatoms. The van der Waals surface area contributed by atoms with E-state index in [9.17, 15) is 4.39 Å². The lowest BCUT2D eigenvalue weighted by Gasteiger charge is -2.33. The van der Waals surface area contributed by atoms with Crippen LogP contribution in [0.3, 0.4) is 0 Å². The molecule has 0 saturated carbocycles. The van der Waals surface area contributed by atoms with Crippen LogP contribution >= 0.6 is 0 Å². The molecule has 1 aromatic rings. The van der Waals surface area contributed by atoms with Crippen molar-refractivity contribution < 1.29 is 4.39 Å². The summed E-state index contributed by atoms with van der Waals surface area (Å²) < 4.78 is 13.0. The maximum Gasteiger partial charge on any atom is 0.241 e. The summed E-state index contributed by atoms with van der Waals surface area (Å²) in [6, 6.07) is 0. The summed E-state index contributed by atoms with van der Waals surface area (Å²) >= 11 is 0. The summed E-state index contributed by atoms with van der Waals surface area (Å²) in [5.74, 6) is -0.254. The predicted octanol–water partition coefficient (Wildman–Crippen LogP) is 1.43. The van der Waals surface area contributed by atoms with Crippen LogP contribution in [0, 0.1) is 5.95 Å². The Bertz CT molecular complexity index is 332. The van der Waals surface area contributed by atoms with Gasteiger partial charge in [0.05, 0.1) is 0 Å². The molecule has 1 heterocycles. The van der Waals surface area contributed by atoms with Crippen molar-refractivity contribution in [1.29, 1.82) is 0 Å². The number of nitrogens with two attached hydrogens (primary N) is 1. The SMILES string of the molecule is CN(c1ncnc(F)c1N)C(C)(C)C. The van der Waals surface area contributed by atoms with Crippen LogP contribution in [0.25, 0.3) is 0 Å². The van der Waals surface area contributed by atoms with Gasteiger partial charge in [0.2, 0.25) is 5.95 Å². The lowest BCUT2D eigenvalue weighted by Crippen LogP contribution is -2.39. The quantitative estimate of drug-likeness (QED) is 0.693. The number of hydrogen-bond donors (Lipinski definition) is 1. The molecule has 14 heavy (non-hydrogen) atoms. The van der Waals surface area contributed by atoms with E-state index in [0.717, 1.165) is 0 Å². The second kappa shape index (κ2) is 3.40. The number of halogens is 1. The maximum atomic E-state index is 13.0. The van der Waals surface area contributed by atoms with Crippen LogP contribution < -0.4 is 10.6 Å². The van der Waals surface area contributed by atoms with Gasteiger partial charge in [-0.05, 0) is 20.8 Å². The Morgan fingerprint density at radius 2 is 1.93 bits per heavy atom. The minimum Gasteiger partial charge on any atom is -0.392 e. The average Bonchev–Trinajstić information content (AvgIpc) is 2.07. The van der Waals surface area contributed by atoms with Crippen LogP contribution in [0.15, 0.2) is 6.33 Å². The Hall–Kier alpha value is -1.39. The van der Waals surface area contributed by atoms with Gasteiger partial charge in [-0.15, -0.1) is 0 Å². The van der Waals surface area contributed by atoms with Crippen molar-refractivity contribution in [3.8, 4) is 0 Å². The zero-order valence-corrected chi connectivity index (χ0v) is 8.87. The highest BCUT2D eigenvalue weighted by molar-refractivity contribution is 5.62. The fourth-order valence-electron chi connectivity index (χ4n) is 0.951. The summed E-state index contributed by atoms with van der Waals surface area (Å²) in [5, 5.41) is 0. The van der Waals surface area contributed by atoms with Crippen LogP contribution in [0.2, 0.25) is 0 Å². The molecule has 0 spiro atoms. The molecule has 2 N–H and O–H groups in total. The molecule has 0 atom stereocenters. The molecule has 0 radical (unpaired) electrons. The number of hydrogen-bond acceptors (Lipinski definition) is 4. The van der Waals surface area contributed by atoms with Gasteiger partial charge in [-0.3, -0.25) is 0 Å². The molecule has 0 aromatic carbocycles. The minimum atomic E-state index is -0.675. The van der Waals surface area contributed by atoms with Crippen molar-refractivity contribution in [2.24, 2.45) is 0 Å². The lowest BCUT2D eigenvalue weighted by molar-refractivity contribution is 0.528. The van der Waals surface area contributed by atoms with Crippen molar-refractivity contribution >= 4 is 11.5 Å². The summed E-state index contributed by atoms with van der Waals surface area (Å²) in [5.41, 5.74) is 5.37. The molecule has 4 nitrogen and oxygen atoms in total. The molecular formula is C9H15FN4. The molecule has 0 amide bonds. The van der Waals surface area contributed by atoms with Crippen LogP contribution in [-0.4, -0.2) is 22.6 Å². The topological polar surface area (TPSA) is 55.0 Å². The van der Waals surface area contributed by atoms with Crippen LogP contribution in [-0.2, 0) is 0 Å². The second-order valence-corrected chi connectivity index (χ2v) is 4.13. The third-order valence-corrected chi connectivity index (χ3v) is 2.14. The molecule has 1 aromatic heterocycles. The molecule has 0 fully saturated rings. The number of nitrogens with zero attached hydrogens (tertiary/aromatic N) is 3. The maximum absolute atomic E-state index is 13.0. The van der Waals surface area contributed by atoms with Gasteiger partial charge in [0.25, 0.3) is 0 Å². The van der Waals surface area contributed by atoms with E-state index in [0.29, 0.717) is 5.82 Å². The fraction of sp³-hybridized carbons (Fsp3) is 0.556. The van der Waals surface area contributed by atoms with E-state index >= 15 is 0 Å². The first-order valence-electron chi connectivity index (χ1n) is 4.34. The Morgan fingerprint density at radius 3 is 2.43 bits per heavy atom. The zero-order valence-electron chi connectivity index (χ0n) is 8.87. The normalized spacial score (nSPS) is 11.5. The van der Waals surface area contributed by atoms with E-state index in [1.165, 1.54) is 6.33 Å². The number of aromatic nitrogens is 2. The van der Waals surface area contributed by atoms with Crippen LogP contribution in [0.4, 0.5) is 15.9 Å². The highest BCUT2D eigenvalue weighted by Gasteiger charge is 2.21. The van der Waals surface area contributed by atoms with Gasteiger partial charge >= 0.3 is 0 Å². The van der Waals surface area contributed by atoms with Gasteiger partial charge in [0, 0.05) is 12.6 Å². The van der Waals surface area contributed by atoms with Gasteiger partial charge in [-0.2, -0.15) is 4.39 Å². The van der Waals surface area contributed by atoms with Gasteiger partial charge < -0.3 is 10.6 Å². The van der Waals surface area contributed by atoms with Crippen molar-refractivity contribution in [2.45, 2.75) is 26.3 Å². The molecule has 78 valence electrons. The molecule has 0 aliphatic heterocycles. The standard InChI is InChI=1S/C9H15FN4/c1-9(2,3)14(4)8-6(11)7(10)12-5-13-8/h5H,11H2,1-4H3. The third kappa shape index (κ3) is 1.92. The molecular weight excluding hydrogens is 183 g/mol. The van der Waals surface area contributed by atoms with Crippen LogP contribution in [0.5, 0.6) is 0 Å². The molecule has 1 rings (SSSR count). The Labute approximate surface area is 83.0 Å². The summed E-state index contributed by atoms with van der Waals surface area (Å²) in [6.07, 6.45) is 1.17. The molecule has 0 aliphatic rings. The molecule has 0 saturated heterocycles. The second-order valence-electron chi connectivity index (χ2n) is 4.13. The molecule has 0 aliphatic carbocycles. The van der Waals surface area contributed by atoms with Gasteiger partial charge in [-0.25, -0.2) is 9.97 Å². The van der Waals surface area contributed by atoms with Crippen LogP contribution in [0.1, 0.15) is 20.8 Å². The number of nitrogen functional groups attached to an aromatic ring is 1.